The first kappa shape index (κ1) is 16.8. The fourth-order valence-electron chi connectivity index (χ4n) is 1.12. The second-order valence-corrected chi connectivity index (χ2v) is 3.88. The number of hydrogen-bond donors (Lipinski definition) is 2. The lowest BCUT2D eigenvalue weighted by molar-refractivity contribution is -0.129. The van der Waals surface area contributed by atoms with E-state index in [1.54, 1.807) is 13.8 Å². The third-order valence-corrected chi connectivity index (χ3v) is 1.94. The molecule has 0 fully saturated rings. The van der Waals surface area contributed by atoms with Gasteiger partial charge in [0.25, 0.3) is 0 Å². The van der Waals surface area contributed by atoms with Crippen LogP contribution in [0.4, 0.5) is 0 Å². The van der Waals surface area contributed by atoms with Gasteiger partial charge in [0.1, 0.15) is 12.4 Å². The summed E-state index contributed by atoms with van der Waals surface area (Å²) in [5.41, 5.74) is 0.744. The number of aliphatic carboxylic acids is 2. The summed E-state index contributed by atoms with van der Waals surface area (Å²) in [6.07, 6.45) is 4.30. The average molecular weight is 304 g/mol. The third kappa shape index (κ3) is 6.75. The van der Waals surface area contributed by atoms with Crippen molar-refractivity contribution in [2.45, 2.75) is 13.8 Å². The zero-order valence-corrected chi connectivity index (χ0v) is 11.7. The first-order valence-electron chi connectivity index (χ1n) is 5.85. The van der Waals surface area contributed by atoms with Gasteiger partial charge in [0.05, 0.1) is 0 Å². The molecule has 0 unspecified atom stereocenters. The SMILES string of the molecule is C/C(=C\c1nnc(/C=C(\C)N=CC(=O)O)nn1)N=CC(=O)O. The van der Waals surface area contributed by atoms with Crippen molar-refractivity contribution in [1.82, 2.24) is 20.4 Å². The predicted octanol–water partition coefficient (Wildman–Crippen LogP) is 0.299. The van der Waals surface area contributed by atoms with Gasteiger partial charge in [-0.1, -0.05) is 0 Å². The average Bonchev–Trinajstić information content (AvgIpc) is 2.45. The van der Waals surface area contributed by atoms with Gasteiger partial charge in [-0.25, -0.2) is 9.59 Å². The molecule has 114 valence electrons. The van der Waals surface area contributed by atoms with Gasteiger partial charge in [-0.15, -0.1) is 20.4 Å². The Kier molecular flexibility index (Phi) is 6.16. The number of carboxylic acid groups (broad SMARTS) is 2. The molecule has 0 saturated carbocycles. The molecule has 0 bridgehead atoms. The Hall–Kier alpha value is -3.30. The predicted molar refractivity (Wildman–Crippen MR) is 77.2 cm³/mol. The molecule has 1 aromatic heterocycles. The van der Waals surface area contributed by atoms with E-state index >= 15 is 0 Å². The van der Waals surface area contributed by atoms with E-state index in [0.29, 0.717) is 11.4 Å². The largest absolute Gasteiger partial charge is 0.477 e. The van der Waals surface area contributed by atoms with E-state index < -0.39 is 11.9 Å². The Morgan fingerprint density at radius 2 is 1.14 bits per heavy atom. The Morgan fingerprint density at radius 3 is 1.41 bits per heavy atom. The van der Waals surface area contributed by atoms with Crippen LogP contribution in [0.2, 0.25) is 0 Å². The third-order valence-electron chi connectivity index (χ3n) is 1.94. The number of aliphatic imine (C=N–C) groups is 2. The van der Waals surface area contributed by atoms with E-state index in [4.69, 9.17) is 10.2 Å². The molecule has 2 N–H and O–H groups in total. The van der Waals surface area contributed by atoms with Crippen molar-refractivity contribution in [3.8, 4) is 0 Å². The molecular formula is C12H12N6O4. The molecule has 22 heavy (non-hydrogen) atoms. The molecule has 10 heteroatoms. The number of carbonyl (C=O) groups is 2. The molecule has 0 spiro atoms. The minimum Gasteiger partial charge on any atom is -0.477 e. The van der Waals surface area contributed by atoms with Crippen LogP contribution in [0, 0.1) is 0 Å². The second-order valence-electron chi connectivity index (χ2n) is 3.88. The van der Waals surface area contributed by atoms with Crippen LogP contribution in [0.25, 0.3) is 12.2 Å². The fraction of sp³-hybridized carbons (Fsp3) is 0.167. The summed E-state index contributed by atoms with van der Waals surface area (Å²) in [5, 5.41) is 31.9. The van der Waals surface area contributed by atoms with Crippen molar-refractivity contribution in [2.24, 2.45) is 9.98 Å². The molecule has 0 saturated heterocycles. The lowest BCUT2D eigenvalue weighted by atomic mass is 10.4. The highest BCUT2D eigenvalue weighted by Gasteiger charge is 1.99. The molecule has 0 aliphatic carbocycles. The summed E-state index contributed by atoms with van der Waals surface area (Å²) in [6.45, 7) is 3.14. The van der Waals surface area contributed by atoms with Crippen molar-refractivity contribution in [1.29, 1.82) is 0 Å². The maximum Gasteiger partial charge on any atom is 0.346 e. The molecule has 0 amide bonds. The number of allylic oxidation sites excluding steroid dienone is 2. The van der Waals surface area contributed by atoms with E-state index in [1.807, 2.05) is 0 Å². The Labute approximate surface area is 124 Å². The van der Waals surface area contributed by atoms with E-state index in [1.165, 1.54) is 12.2 Å². The highest BCUT2D eigenvalue weighted by Crippen LogP contribution is 2.02. The van der Waals surface area contributed by atoms with Crippen molar-refractivity contribution < 1.29 is 19.8 Å². The maximum absolute atomic E-state index is 10.3. The van der Waals surface area contributed by atoms with Crippen LogP contribution in [-0.2, 0) is 9.59 Å². The first-order chi connectivity index (χ1) is 10.4. The molecule has 1 rings (SSSR count). The Balaban J connectivity index is 2.83. The molecule has 0 aromatic carbocycles. The molecular weight excluding hydrogens is 292 g/mol. The van der Waals surface area contributed by atoms with Crippen molar-refractivity contribution in [3.63, 3.8) is 0 Å². The van der Waals surface area contributed by atoms with Gasteiger partial charge in [0, 0.05) is 23.5 Å². The van der Waals surface area contributed by atoms with Gasteiger partial charge in [0.2, 0.25) is 0 Å². The molecule has 0 aliphatic heterocycles. The second kappa shape index (κ2) is 8.09. The van der Waals surface area contributed by atoms with Gasteiger partial charge in [0.15, 0.2) is 11.6 Å². The highest BCUT2D eigenvalue weighted by molar-refractivity contribution is 6.22. The van der Waals surface area contributed by atoms with Crippen LogP contribution in [0.3, 0.4) is 0 Å². The summed E-state index contributed by atoms with van der Waals surface area (Å²) >= 11 is 0. The van der Waals surface area contributed by atoms with Crippen LogP contribution >= 0.6 is 0 Å². The summed E-state index contributed by atoms with van der Waals surface area (Å²) in [7, 11) is 0. The minimum absolute atomic E-state index is 0.156. The van der Waals surface area contributed by atoms with Gasteiger partial charge in [-0.3, -0.25) is 9.98 Å². The normalized spacial score (nSPS) is 13.0. The quantitative estimate of drug-likeness (QED) is 0.712. The van der Waals surface area contributed by atoms with Crippen LogP contribution < -0.4 is 0 Å². The highest BCUT2D eigenvalue weighted by atomic mass is 16.4. The smallest absolute Gasteiger partial charge is 0.346 e. The van der Waals surface area contributed by atoms with Crippen molar-refractivity contribution in [2.75, 3.05) is 0 Å². The molecule has 10 nitrogen and oxygen atoms in total. The number of nitrogens with zero attached hydrogens (tertiary/aromatic N) is 6. The van der Waals surface area contributed by atoms with Gasteiger partial charge in [-0.2, -0.15) is 0 Å². The van der Waals surface area contributed by atoms with Crippen LogP contribution in [0.15, 0.2) is 21.4 Å². The number of hydrogen-bond acceptors (Lipinski definition) is 8. The van der Waals surface area contributed by atoms with Gasteiger partial charge in [-0.05, 0) is 13.8 Å². The lowest BCUT2D eigenvalue weighted by Crippen LogP contribution is -2.00. The topological polar surface area (TPSA) is 151 Å². The van der Waals surface area contributed by atoms with Crippen LogP contribution in [0.1, 0.15) is 25.5 Å². The van der Waals surface area contributed by atoms with Crippen LogP contribution in [-0.4, -0.2) is 55.0 Å². The summed E-state index contributed by atoms with van der Waals surface area (Å²) in [5.74, 6) is -2.02. The van der Waals surface area contributed by atoms with E-state index in [-0.39, 0.29) is 11.6 Å². The summed E-state index contributed by atoms with van der Waals surface area (Å²) < 4.78 is 0. The van der Waals surface area contributed by atoms with Crippen molar-refractivity contribution >= 4 is 36.5 Å². The molecule has 1 heterocycles. The van der Waals surface area contributed by atoms with Gasteiger partial charge >= 0.3 is 11.9 Å². The van der Waals surface area contributed by atoms with E-state index in [0.717, 1.165) is 12.4 Å². The maximum atomic E-state index is 10.3. The fourth-order valence-corrected chi connectivity index (χ4v) is 1.12. The summed E-state index contributed by atoms with van der Waals surface area (Å²) in [4.78, 5) is 27.9. The zero-order chi connectivity index (χ0) is 16.5. The monoisotopic (exact) mass is 304 g/mol. The molecule has 0 aliphatic rings. The van der Waals surface area contributed by atoms with E-state index in [2.05, 4.69) is 30.4 Å². The van der Waals surface area contributed by atoms with Crippen molar-refractivity contribution in [3.05, 3.63) is 23.0 Å². The zero-order valence-electron chi connectivity index (χ0n) is 11.7. The Morgan fingerprint density at radius 1 is 0.818 bits per heavy atom. The first-order valence-corrected chi connectivity index (χ1v) is 5.85. The number of rotatable bonds is 6. The standard InChI is InChI=1S/C12H12N6O4/c1-7(13-5-11(19)20)3-9-15-17-10(18-16-9)4-8(2)14-6-12(21)22/h3-6H,1-2H3,(H,19,20)(H,21,22)/b7-3+,8-4+,13-5?,14-6?. The van der Waals surface area contributed by atoms with E-state index in [9.17, 15) is 9.59 Å². The molecule has 1 aromatic rings. The number of aromatic nitrogens is 4. The summed E-state index contributed by atoms with van der Waals surface area (Å²) in [6, 6.07) is 0. The van der Waals surface area contributed by atoms with Crippen LogP contribution in [0.5, 0.6) is 0 Å². The number of carboxylic acids is 2. The Bertz CT molecular complexity index is 616. The lowest BCUT2D eigenvalue weighted by Gasteiger charge is -1.94. The minimum atomic E-state index is -1.16. The van der Waals surface area contributed by atoms with Gasteiger partial charge < -0.3 is 10.2 Å². The molecule has 0 atom stereocenters. The molecule has 0 radical (unpaired) electrons.